The summed E-state index contributed by atoms with van der Waals surface area (Å²) < 4.78 is 0. The molecule has 0 bridgehead atoms. The Hall–Kier alpha value is -0.0800. The SMILES string of the molecule is CC1(C)CCCC(C)(N)C1(C)N. The number of nitrogens with two attached hydrogens (primary N) is 2. The van der Waals surface area contributed by atoms with Gasteiger partial charge in [0.05, 0.1) is 0 Å². The van der Waals surface area contributed by atoms with Gasteiger partial charge in [0.2, 0.25) is 0 Å². The van der Waals surface area contributed by atoms with Crippen LogP contribution in [0.1, 0.15) is 47.0 Å². The first-order valence-electron chi connectivity index (χ1n) is 4.78. The quantitative estimate of drug-likeness (QED) is 0.580. The predicted octanol–water partition coefficient (Wildman–Crippen LogP) is 1.63. The van der Waals surface area contributed by atoms with Crippen LogP contribution >= 0.6 is 0 Å². The van der Waals surface area contributed by atoms with Gasteiger partial charge >= 0.3 is 0 Å². The van der Waals surface area contributed by atoms with Crippen molar-refractivity contribution in [2.24, 2.45) is 16.9 Å². The highest BCUT2D eigenvalue weighted by molar-refractivity contribution is 5.11. The van der Waals surface area contributed by atoms with Crippen LogP contribution in [0.2, 0.25) is 0 Å². The monoisotopic (exact) mass is 170 g/mol. The van der Waals surface area contributed by atoms with Crippen molar-refractivity contribution in [3.05, 3.63) is 0 Å². The standard InChI is InChI=1S/C10H22N2/c1-8(2)6-5-7-9(3,11)10(8,4)12/h5-7,11-12H2,1-4H3. The Labute approximate surface area is 75.7 Å². The van der Waals surface area contributed by atoms with Gasteiger partial charge in [0.1, 0.15) is 0 Å². The summed E-state index contributed by atoms with van der Waals surface area (Å²) in [5.41, 5.74) is 12.2. The molecule has 1 aliphatic carbocycles. The molecule has 0 aromatic heterocycles. The van der Waals surface area contributed by atoms with Crippen molar-refractivity contribution in [2.75, 3.05) is 0 Å². The highest BCUT2D eigenvalue weighted by Crippen LogP contribution is 2.45. The van der Waals surface area contributed by atoms with Gasteiger partial charge in [-0.25, -0.2) is 0 Å². The largest absolute Gasteiger partial charge is 0.324 e. The van der Waals surface area contributed by atoms with Crippen LogP contribution in [0.3, 0.4) is 0 Å². The van der Waals surface area contributed by atoms with E-state index in [1.54, 1.807) is 0 Å². The minimum atomic E-state index is -0.252. The summed E-state index contributed by atoms with van der Waals surface area (Å²) in [6, 6.07) is 0. The molecule has 0 amide bonds. The molecule has 0 aliphatic heterocycles. The Morgan fingerprint density at radius 1 is 0.917 bits per heavy atom. The predicted molar refractivity (Wildman–Crippen MR) is 52.8 cm³/mol. The van der Waals surface area contributed by atoms with E-state index in [0.29, 0.717) is 0 Å². The highest BCUT2D eigenvalue weighted by atomic mass is 14.9. The van der Waals surface area contributed by atoms with Crippen molar-refractivity contribution in [3.8, 4) is 0 Å². The van der Waals surface area contributed by atoms with E-state index < -0.39 is 0 Å². The summed E-state index contributed by atoms with van der Waals surface area (Å²) in [6.45, 7) is 8.61. The third-order valence-electron chi connectivity index (χ3n) is 4.09. The van der Waals surface area contributed by atoms with Gasteiger partial charge in [-0.1, -0.05) is 20.3 Å². The summed E-state index contributed by atoms with van der Waals surface area (Å²) in [7, 11) is 0. The Kier molecular flexibility index (Phi) is 2.05. The lowest BCUT2D eigenvalue weighted by atomic mass is 9.56. The summed E-state index contributed by atoms with van der Waals surface area (Å²) in [6.07, 6.45) is 3.43. The molecule has 72 valence electrons. The van der Waals surface area contributed by atoms with Crippen LogP contribution < -0.4 is 11.5 Å². The van der Waals surface area contributed by atoms with Crippen molar-refractivity contribution in [3.63, 3.8) is 0 Å². The van der Waals surface area contributed by atoms with E-state index in [9.17, 15) is 0 Å². The Balaban J connectivity index is 2.99. The summed E-state index contributed by atoms with van der Waals surface area (Å²) in [5.74, 6) is 0. The molecule has 0 spiro atoms. The fourth-order valence-electron chi connectivity index (χ4n) is 2.19. The van der Waals surface area contributed by atoms with E-state index in [2.05, 4.69) is 27.7 Å². The molecule has 1 fully saturated rings. The topological polar surface area (TPSA) is 52.0 Å². The first kappa shape index (κ1) is 10.0. The van der Waals surface area contributed by atoms with Gasteiger partial charge in [0.25, 0.3) is 0 Å². The Morgan fingerprint density at radius 3 is 1.75 bits per heavy atom. The molecule has 2 unspecified atom stereocenters. The lowest BCUT2D eigenvalue weighted by Crippen LogP contribution is -2.71. The molecule has 1 rings (SSSR count). The molecule has 0 aromatic rings. The molecule has 2 heteroatoms. The van der Waals surface area contributed by atoms with Crippen molar-refractivity contribution in [1.82, 2.24) is 0 Å². The maximum atomic E-state index is 6.31. The minimum absolute atomic E-state index is 0.161. The molecule has 0 aromatic carbocycles. The molecule has 1 saturated carbocycles. The molecular weight excluding hydrogens is 148 g/mol. The fourth-order valence-corrected chi connectivity index (χ4v) is 2.19. The molecule has 0 heterocycles. The third-order valence-corrected chi connectivity index (χ3v) is 4.09. The van der Waals surface area contributed by atoms with Gasteiger partial charge < -0.3 is 11.5 Å². The van der Waals surface area contributed by atoms with E-state index in [0.717, 1.165) is 6.42 Å². The van der Waals surface area contributed by atoms with E-state index in [-0.39, 0.29) is 16.5 Å². The van der Waals surface area contributed by atoms with Gasteiger partial charge in [-0.2, -0.15) is 0 Å². The second kappa shape index (κ2) is 2.46. The van der Waals surface area contributed by atoms with Crippen molar-refractivity contribution in [2.45, 2.75) is 58.0 Å². The zero-order valence-electron chi connectivity index (χ0n) is 8.78. The summed E-state index contributed by atoms with van der Waals surface area (Å²) >= 11 is 0. The van der Waals surface area contributed by atoms with Crippen LogP contribution in [0, 0.1) is 5.41 Å². The van der Waals surface area contributed by atoms with E-state index in [1.807, 2.05) is 0 Å². The van der Waals surface area contributed by atoms with Crippen LogP contribution in [-0.4, -0.2) is 11.1 Å². The molecule has 0 saturated heterocycles. The Bertz CT molecular complexity index is 162. The molecule has 4 N–H and O–H groups in total. The van der Waals surface area contributed by atoms with Gasteiger partial charge in [-0.15, -0.1) is 0 Å². The number of rotatable bonds is 0. The van der Waals surface area contributed by atoms with E-state index in [1.165, 1.54) is 12.8 Å². The lowest BCUT2D eigenvalue weighted by molar-refractivity contribution is 0.0415. The zero-order valence-corrected chi connectivity index (χ0v) is 8.78. The van der Waals surface area contributed by atoms with Crippen LogP contribution in [-0.2, 0) is 0 Å². The number of hydrogen-bond donors (Lipinski definition) is 2. The molecule has 2 nitrogen and oxygen atoms in total. The van der Waals surface area contributed by atoms with Crippen molar-refractivity contribution in [1.29, 1.82) is 0 Å². The molecular formula is C10H22N2. The molecule has 1 aliphatic rings. The zero-order chi connectivity index (χ0) is 9.62. The average Bonchev–Trinajstić information content (AvgIpc) is 1.83. The van der Waals surface area contributed by atoms with Crippen LogP contribution in [0.4, 0.5) is 0 Å². The van der Waals surface area contributed by atoms with E-state index >= 15 is 0 Å². The second-order valence-corrected chi connectivity index (χ2v) is 5.36. The van der Waals surface area contributed by atoms with Crippen LogP contribution in [0.15, 0.2) is 0 Å². The molecule has 2 atom stereocenters. The van der Waals surface area contributed by atoms with Crippen molar-refractivity contribution < 1.29 is 0 Å². The summed E-state index contributed by atoms with van der Waals surface area (Å²) in [5, 5.41) is 0. The smallest absolute Gasteiger partial charge is 0.0357 e. The van der Waals surface area contributed by atoms with Crippen molar-refractivity contribution >= 4 is 0 Å². The van der Waals surface area contributed by atoms with Gasteiger partial charge in [-0.3, -0.25) is 0 Å². The highest BCUT2D eigenvalue weighted by Gasteiger charge is 2.51. The summed E-state index contributed by atoms with van der Waals surface area (Å²) in [4.78, 5) is 0. The Morgan fingerprint density at radius 2 is 1.42 bits per heavy atom. The number of hydrogen-bond acceptors (Lipinski definition) is 2. The first-order chi connectivity index (χ1) is 5.21. The minimum Gasteiger partial charge on any atom is -0.324 e. The van der Waals surface area contributed by atoms with Crippen LogP contribution in [0.25, 0.3) is 0 Å². The second-order valence-electron chi connectivity index (χ2n) is 5.36. The fraction of sp³-hybridized carbons (Fsp3) is 1.00. The third kappa shape index (κ3) is 1.17. The normalized spacial score (nSPS) is 47.5. The maximum absolute atomic E-state index is 6.31. The van der Waals surface area contributed by atoms with Gasteiger partial charge in [-0.05, 0) is 32.1 Å². The first-order valence-corrected chi connectivity index (χ1v) is 4.78. The molecule has 12 heavy (non-hydrogen) atoms. The average molecular weight is 170 g/mol. The van der Waals surface area contributed by atoms with Gasteiger partial charge in [0.15, 0.2) is 0 Å². The van der Waals surface area contributed by atoms with E-state index in [4.69, 9.17) is 11.5 Å². The molecule has 0 radical (unpaired) electrons. The maximum Gasteiger partial charge on any atom is 0.0357 e. The van der Waals surface area contributed by atoms with Crippen LogP contribution in [0.5, 0.6) is 0 Å². The van der Waals surface area contributed by atoms with Gasteiger partial charge in [0, 0.05) is 11.1 Å². The lowest BCUT2D eigenvalue weighted by Gasteiger charge is -2.55.